The van der Waals surface area contributed by atoms with Gasteiger partial charge in [-0.1, -0.05) is 17.6 Å². The van der Waals surface area contributed by atoms with Gasteiger partial charge in [-0.05, 0) is 12.1 Å². The van der Waals surface area contributed by atoms with Crippen LogP contribution in [0.2, 0.25) is 0 Å². The van der Waals surface area contributed by atoms with Crippen LogP contribution in [0.1, 0.15) is 0 Å². The maximum Gasteiger partial charge on any atom is 0.123 e. The molecule has 0 aliphatic rings. The average molecular weight is 145 g/mol. The molecule has 0 fully saturated rings. The first-order valence-electron chi connectivity index (χ1n) is 2.30. The molecule has 1 aromatic rings. The van der Waals surface area contributed by atoms with Gasteiger partial charge in [0.15, 0.2) is 0 Å². The Morgan fingerprint density at radius 3 is 1.89 bits per heavy atom. The predicted molar refractivity (Wildman–Crippen MR) is 37.5 cm³/mol. The molecule has 0 unspecified atom stereocenters. The molecule has 0 nitrogen and oxygen atoms in total. The first-order valence-corrected chi connectivity index (χ1v) is 2.30. The molecule has 0 spiro atoms. The van der Waals surface area contributed by atoms with Crippen LogP contribution in [0.5, 0.6) is 0 Å². The topological polar surface area (TPSA) is 0 Å². The summed E-state index contributed by atoms with van der Waals surface area (Å²) in [6.45, 7) is 0. The minimum absolute atomic E-state index is 0. The second-order valence-electron chi connectivity index (χ2n) is 1.55. The van der Waals surface area contributed by atoms with Crippen LogP contribution in [-0.4, -0.2) is 59.2 Å². The number of hydrogen-bond donors (Lipinski definition) is 0. The zero-order valence-electron chi connectivity index (χ0n) is 5.26. The Kier molecular flexibility index (Phi) is 5.07. The average Bonchev–Trinajstić information content (AvgIpc) is 1.77. The van der Waals surface area contributed by atoms with E-state index in [9.17, 15) is 4.39 Å². The molecular formula is C6H4BFK. The molecule has 0 amide bonds. The molecule has 0 atom stereocenters. The zero-order chi connectivity index (χ0) is 5.98. The molecule has 0 aliphatic heterocycles. The fourth-order valence-electron chi connectivity index (χ4n) is 0.463. The van der Waals surface area contributed by atoms with Crippen molar-refractivity contribution in [3.8, 4) is 0 Å². The third kappa shape index (κ3) is 3.53. The summed E-state index contributed by atoms with van der Waals surface area (Å²) in [4.78, 5) is 0. The van der Waals surface area contributed by atoms with Crippen LogP contribution >= 0.6 is 0 Å². The third-order valence-electron chi connectivity index (χ3n) is 0.870. The molecule has 0 aliphatic carbocycles. The molecule has 1 rings (SSSR count). The Morgan fingerprint density at radius 2 is 1.56 bits per heavy atom. The molecule has 3 radical (unpaired) electrons. The standard InChI is InChI=1S/C6H4BF.K/c7-5-1-3-6(8)4-2-5;/h1-4H;. The summed E-state index contributed by atoms with van der Waals surface area (Å²) in [5.41, 5.74) is 0.589. The van der Waals surface area contributed by atoms with Gasteiger partial charge < -0.3 is 0 Å². The molecular weight excluding hydrogens is 141 g/mol. The predicted octanol–water partition coefficient (Wildman–Crippen LogP) is 0.239. The van der Waals surface area contributed by atoms with Gasteiger partial charge in [0.25, 0.3) is 0 Å². The van der Waals surface area contributed by atoms with Crippen LogP contribution in [0.25, 0.3) is 0 Å². The monoisotopic (exact) mass is 145 g/mol. The molecule has 39 valence electrons. The van der Waals surface area contributed by atoms with E-state index in [2.05, 4.69) is 0 Å². The second kappa shape index (κ2) is 4.63. The number of benzene rings is 1. The molecule has 0 saturated carbocycles. The van der Waals surface area contributed by atoms with Crippen molar-refractivity contribution in [2.45, 2.75) is 0 Å². The fraction of sp³-hybridized carbons (Fsp3) is 0. The molecule has 0 saturated heterocycles. The first-order chi connectivity index (χ1) is 3.79. The summed E-state index contributed by atoms with van der Waals surface area (Å²) in [6.07, 6.45) is 0. The van der Waals surface area contributed by atoms with Crippen molar-refractivity contribution in [2.75, 3.05) is 0 Å². The van der Waals surface area contributed by atoms with Crippen LogP contribution in [0.15, 0.2) is 24.3 Å². The van der Waals surface area contributed by atoms with Gasteiger partial charge in [0.05, 0.1) is 0 Å². The van der Waals surface area contributed by atoms with Gasteiger partial charge in [0, 0.05) is 51.4 Å². The summed E-state index contributed by atoms with van der Waals surface area (Å²) >= 11 is 0. The van der Waals surface area contributed by atoms with Crippen molar-refractivity contribution in [1.29, 1.82) is 0 Å². The van der Waals surface area contributed by atoms with Gasteiger partial charge in [0.2, 0.25) is 0 Å². The molecule has 0 heterocycles. The van der Waals surface area contributed by atoms with Gasteiger partial charge in [-0.25, -0.2) is 4.39 Å². The number of halogens is 1. The van der Waals surface area contributed by atoms with Gasteiger partial charge >= 0.3 is 0 Å². The largest absolute Gasteiger partial charge is 0.207 e. The SMILES string of the molecule is [B]c1ccc(F)cc1.[K]. The van der Waals surface area contributed by atoms with Gasteiger partial charge in [-0.3, -0.25) is 0 Å². The minimum Gasteiger partial charge on any atom is -0.207 e. The van der Waals surface area contributed by atoms with E-state index in [0.717, 1.165) is 0 Å². The van der Waals surface area contributed by atoms with Crippen molar-refractivity contribution < 1.29 is 4.39 Å². The van der Waals surface area contributed by atoms with Crippen molar-refractivity contribution >= 4 is 64.7 Å². The molecule has 1 aromatic carbocycles. The Morgan fingerprint density at radius 1 is 1.11 bits per heavy atom. The van der Waals surface area contributed by atoms with E-state index >= 15 is 0 Å². The maximum absolute atomic E-state index is 12.0. The van der Waals surface area contributed by atoms with Crippen LogP contribution in [-0.2, 0) is 0 Å². The summed E-state index contributed by atoms with van der Waals surface area (Å²) < 4.78 is 12.0. The Hall–Kier alpha value is 0.851. The normalized spacial score (nSPS) is 8.11. The molecule has 0 N–H and O–H groups in total. The fourth-order valence-corrected chi connectivity index (χ4v) is 0.463. The van der Waals surface area contributed by atoms with Crippen molar-refractivity contribution in [3.63, 3.8) is 0 Å². The Balaban J connectivity index is 0.000000640. The van der Waals surface area contributed by atoms with E-state index in [4.69, 9.17) is 7.85 Å². The van der Waals surface area contributed by atoms with Gasteiger partial charge in [-0.2, -0.15) is 0 Å². The van der Waals surface area contributed by atoms with E-state index in [0.29, 0.717) is 5.46 Å². The molecule has 0 bridgehead atoms. The third-order valence-corrected chi connectivity index (χ3v) is 0.870. The smallest absolute Gasteiger partial charge is 0.123 e. The number of hydrogen-bond acceptors (Lipinski definition) is 0. The quantitative estimate of drug-likeness (QED) is 0.458. The van der Waals surface area contributed by atoms with Crippen LogP contribution in [0, 0.1) is 5.82 Å². The van der Waals surface area contributed by atoms with Gasteiger partial charge in [0.1, 0.15) is 13.7 Å². The van der Waals surface area contributed by atoms with E-state index < -0.39 is 0 Å². The van der Waals surface area contributed by atoms with Crippen molar-refractivity contribution in [2.24, 2.45) is 0 Å². The molecule has 3 heteroatoms. The summed E-state index contributed by atoms with van der Waals surface area (Å²) in [7, 11) is 5.26. The maximum atomic E-state index is 12.0. The van der Waals surface area contributed by atoms with Crippen LogP contribution < -0.4 is 5.46 Å². The Bertz CT molecular complexity index is 152. The number of rotatable bonds is 0. The Labute approximate surface area is 97.7 Å². The second-order valence-corrected chi connectivity index (χ2v) is 1.55. The van der Waals surface area contributed by atoms with Crippen LogP contribution in [0.3, 0.4) is 0 Å². The molecule has 0 aromatic heterocycles. The van der Waals surface area contributed by atoms with E-state index in [1.807, 2.05) is 0 Å². The minimum atomic E-state index is -0.251. The van der Waals surface area contributed by atoms with E-state index in [-0.39, 0.29) is 57.2 Å². The summed E-state index contributed by atoms with van der Waals surface area (Å²) in [5, 5.41) is 0. The van der Waals surface area contributed by atoms with Crippen molar-refractivity contribution in [1.82, 2.24) is 0 Å². The van der Waals surface area contributed by atoms with Gasteiger partial charge in [-0.15, -0.1) is 0 Å². The van der Waals surface area contributed by atoms with Crippen molar-refractivity contribution in [3.05, 3.63) is 30.1 Å². The summed E-state index contributed by atoms with van der Waals surface area (Å²) in [5.74, 6) is -0.251. The van der Waals surface area contributed by atoms with Crippen LogP contribution in [0.4, 0.5) is 4.39 Å². The summed E-state index contributed by atoms with van der Waals surface area (Å²) in [6, 6.07) is 5.70. The van der Waals surface area contributed by atoms with E-state index in [1.54, 1.807) is 0 Å². The molecule has 9 heavy (non-hydrogen) atoms. The zero-order valence-corrected chi connectivity index (χ0v) is 8.39. The first kappa shape index (κ1) is 9.85. The van der Waals surface area contributed by atoms with E-state index in [1.165, 1.54) is 24.3 Å².